The van der Waals surface area contributed by atoms with Gasteiger partial charge in [0.1, 0.15) is 17.6 Å². The van der Waals surface area contributed by atoms with Gasteiger partial charge >= 0.3 is 5.69 Å². The number of carbonyl (C=O) groups is 1. The number of nitrogens with zero attached hydrogens (tertiary/aromatic N) is 3. The van der Waals surface area contributed by atoms with Crippen LogP contribution in [-0.2, 0) is 24.2 Å². The normalized spacial score (nSPS) is 27.3. The number of anilines is 1. The van der Waals surface area contributed by atoms with Gasteiger partial charge in [0.2, 0.25) is 5.91 Å². The molecule has 5 atom stereocenters. The van der Waals surface area contributed by atoms with Crippen molar-refractivity contribution in [3.8, 4) is 0 Å². The lowest BCUT2D eigenvalue weighted by atomic mass is 9.79. The molecule has 41 heavy (non-hydrogen) atoms. The highest BCUT2D eigenvalue weighted by Crippen LogP contribution is 2.66. The molecule has 1 aromatic heterocycles. The van der Waals surface area contributed by atoms with Crippen LogP contribution in [0.4, 0.5) is 5.82 Å². The summed E-state index contributed by atoms with van der Waals surface area (Å²) in [6.07, 6.45) is 4.03. The molecule has 10 heteroatoms. The van der Waals surface area contributed by atoms with Crippen LogP contribution in [0.5, 0.6) is 0 Å². The number of nitrogens with one attached hydrogen (secondary N) is 1. The number of aromatic nitrogens is 2. The number of hydrogen-bond acceptors (Lipinski definition) is 7. The first-order chi connectivity index (χ1) is 19.9. The van der Waals surface area contributed by atoms with E-state index in [1.807, 2.05) is 12.1 Å². The van der Waals surface area contributed by atoms with Crippen molar-refractivity contribution in [2.75, 3.05) is 11.9 Å². The van der Waals surface area contributed by atoms with E-state index < -0.39 is 26.0 Å². The Balaban J connectivity index is 1.25. The van der Waals surface area contributed by atoms with Crippen molar-refractivity contribution < 1.29 is 18.6 Å². The van der Waals surface area contributed by atoms with Gasteiger partial charge in [-0.15, -0.1) is 0 Å². The van der Waals surface area contributed by atoms with E-state index in [2.05, 4.69) is 70.4 Å². The Morgan fingerprint density at radius 2 is 1.80 bits per heavy atom. The van der Waals surface area contributed by atoms with Crippen molar-refractivity contribution >= 4 is 20.3 Å². The van der Waals surface area contributed by atoms with Gasteiger partial charge in [-0.1, -0.05) is 81.4 Å². The molecule has 3 saturated heterocycles. The predicted molar refractivity (Wildman–Crippen MR) is 157 cm³/mol. The molecule has 216 valence electrons. The average Bonchev–Trinajstić information content (AvgIpc) is 3.70. The van der Waals surface area contributed by atoms with Gasteiger partial charge in [0.05, 0.1) is 18.2 Å². The van der Waals surface area contributed by atoms with E-state index in [-0.39, 0.29) is 35.9 Å². The molecule has 0 bridgehead atoms. The molecule has 1 amide bonds. The lowest BCUT2D eigenvalue weighted by Gasteiger charge is -2.34. The number of ether oxygens (including phenoxy) is 1. The molecule has 9 nitrogen and oxygen atoms in total. The second-order valence-electron chi connectivity index (χ2n) is 11.2. The van der Waals surface area contributed by atoms with Crippen molar-refractivity contribution in [1.82, 2.24) is 14.2 Å². The van der Waals surface area contributed by atoms with Crippen molar-refractivity contribution in [3.05, 3.63) is 94.5 Å². The number of amides is 1. The molecule has 0 saturated carbocycles. The van der Waals surface area contributed by atoms with Gasteiger partial charge in [-0.05, 0) is 36.5 Å². The summed E-state index contributed by atoms with van der Waals surface area (Å²) < 4.78 is 24.1. The third kappa shape index (κ3) is 5.26. The van der Waals surface area contributed by atoms with Crippen LogP contribution in [0.25, 0.3) is 0 Å². The summed E-state index contributed by atoms with van der Waals surface area (Å²) in [5.74, 6) is -0.158. The third-order valence-corrected chi connectivity index (χ3v) is 10.0. The third-order valence-electron chi connectivity index (χ3n) is 8.26. The van der Waals surface area contributed by atoms with Crippen LogP contribution in [0, 0.1) is 5.92 Å². The van der Waals surface area contributed by atoms with E-state index in [1.54, 1.807) is 26.1 Å². The lowest BCUT2D eigenvalue weighted by Crippen LogP contribution is -2.40. The lowest BCUT2D eigenvalue weighted by molar-refractivity contribution is -0.118. The Kier molecular flexibility index (Phi) is 8.07. The highest BCUT2D eigenvalue weighted by atomic mass is 31.2. The molecule has 3 aliphatic heterocycles. The van der Waals surface area contributed by atoms with Crippen LogP contribution < -0.4 is 11.0 Å². The largest absolute Gasteiger partial charge is 0.352 e. The summed E-state index contributed by atoms with van der Waals surface area (Å²) in [4.78, 5) is 29.0. The molecule has 1 unspecified atom stereocenters. The molecule has 0 radical (unpaired) electrons. The van der Waals surface area contributed by atoms with Crippen LogP contribution >= 0.6 is 8.53 Å². The Labute approximate surface area is 241 Å². The molecule has 3 aliphatic rings. The van der Waals surface area contributed by atoms with E-state index in [0.717, 1.165) is 36.9 Å². The molecule has 3 fully saturated rings. The number of benzene rings is 2. The number of hydrogen-bond donors (Lipinski definition) is 1. The topological polar surface area (TPSA) is 94.9 Å². The molecule has 2 aromatic carbocycles. The standard InChI is InChI=1S/C31H37N4O5P/c1-4-24-25(20-28(38-24)34-19-17-27(33-30(34)37)32-29(36)21(2)3)39-41-35-18-11-16-26(35)31(40-41,22-12-7-5-8-13-22)23-14-9-6-10-15-23/h5-10,12-15,17,19,21,24-26,28H,4,11,16,18,20H2,1-3H3,(H,32,33,36,37)/t24-,25?,26+,28-,41+/m1/s1. The van der Waals surface area contributed by atoms with E-state index in [4.69, 9.17) is 13.8 Å². The monoisotopic (exact) mass is 576 g/mol. The Morgan fingerprint density at radius 1 is 1.12 bits per heavy atom. The van der Waals surface area contributed by atoms with Crippen molar-refractivity contribution in [1.29, 1.82) is 0 Å². The highest BCUT2D eigenvalue weighted by Gasteiger charge is 2.59. The van der Waals surface area contributed by atoms with Crippen molar-refractivity contribution in [2.45, 2.75) is 76.5 Å². The SMILES string of the molecule is CC[C@H]1O[C@@H](n2ccc(NC(=O)C(C)C)nc2=O)CC1O[P@@]1OC(c2ccccc2)(c2ccccc2)[C@@H]2CCCN21. The van der Waals surface area contributed by atoms with Crippen LogP contribution in [0.3, 0.4) is 0 Å². The second kappa shape index (κ2) is 11.7. The summed E-state index contributed by atoms with van der Waals surface area (Å²) in [6.45, 7) is 6.56. The van der Waals surface area contributed by atoms with Gasteiger partial charge in [-0.2, -0.15) is 4.98 Å². The fourth-order valence-corrected chi connectivity index (χ4v) is 8.25. The summed E-state index contributed by atoms with van der Waals surface area (Å²) in [5, 5.41) is 2.68. The fourth-order valence-electron chi connectivity index (χ4n) is 6.14. The zero-order chi connectivity index (χ0) is 28.6. The van der Waals surface area contributed by atoms with Gasteiger partial charge < -0.3 is 19.1 Å². The van der Waals surface area contributed by atoms with E-state index in [1.165, 1.54) is 4.57 Å². The average molecular weight is 577 g/mol. The highest BCUT2D eigenvalue weighted by molar-refractivity contribution is 7.45. The predicted octanol–water partition coefficient (Wildman–Crippen LogP) is 5.59. The Bertz CT molecular complexity index is 1380. The maximum Gasteiger partial charge on any atom is 0.351 e. The van der Waals surface area contributed by atoms with Crippen LogP contribution in [0.1, 0.15) is 63.8 Å². The van der Waals surface area contributed by atoms with Gasteiger partial charge in [-0.25, -0.2) is 9.46 Å². The molecule has 6 rings (SSSR count). The number of rotatable bonds is 8. The molecule has 1 N–H and O–H groups in total. The quantitative estimate of drug-likeness (QED) is 0.350. The number of carbonyl (C=O) groups excluding carboxylic acids is 1. The molecule has 4 heterocycles. The summed E-state index contributed by atoms with van der Waals surface area (Å²) in [7, 11) is -1.38. The minimum atomic E-state index is -1.38. The van der Waals surface area contributed by atoms with Crippen LogP contribution in [-0.4, -0.2) is 44.9 Å². The molecule has 0 aliphatic carbocycles. The van der Waals surface area contributed by atoms with Gasteiger partial charge in [-0.3, -0.25) is 9.36 Å². The van der Waals surface area contributed by atoms with E-state index >= 15 is 0 Å². The Hall–Kier alpha value is -2.94. The summed E-state index contributed by atoms with van der Waals surface area (Å²) >= 11 is 0. The zero-order valence-corrected chi connectivity index (χ0v) is 24.6. The first kappa shape index (κ1) is 28.2. The van der Waals surface area contributed by atoms with Crippen molar-refractivity contribution in [2.24, 2.45) is 5.92 Å². The molecule has 0 spiro atoms. The van der Waals surface area contributed by atoms with Crippen LogP contribution in [0.15, 0.2) is 77.7 Å². The fraction of sp³-hybridized carbons (Fsp3) is 0.452. The minimum Gasteiger partial charge on any atom is -0.352 e. The van der Waals surface area contributed by atoms with E-state index in [9.17, 15) is 9.59 Å². The minimum absolute atomic E-state index is 0.164. The maximum atomic E-state index is 12.9. The Morgan fingerprint density at radius 3 is 2.41 bits per heavy atom. The first-order valence-corrected chi connectivity index (χ1v) is 15.6. The summed E-state index contributed by atoms with van der Waals surface area (Å²) in [5.41, 5.74) is 1.17. The summed E-state index contributed by atoms with van der Waals surface area (Å²) in [6, 6.07) is 22.7. The van der Waals surface area contributed by atoms with Crippen molar-refractivity contribution in [3.63, 3.8) is 0 Å². The smallest absolute Gasteiger partial charge is 0.351 e. The molecular weight excluding hydrogens is 539 g/mol. The van der Waals surface area contributed by atoms with Gasteiger partial charge in [0.15, 0.2) is 0 Å². The second-order valence-corrected chi connectivity index (χ2v) is 12.6. The maximum absolute atomic E-state index is 12.9. The zero-order valence-electron chi connectivity index (χ0n) is 23.7. The first-order valence-electron chi connectivity index (χ1n) is 14.5. The van der Waals surface area contributed by atoms with Crippen LogP contribution in [0.2, 0.25) is 0 Å². The van der Waals surface area contributed by atoms with Gasteiger partial charge in [0.25, 0.3) is 8.53 Å². The van der Waals surface area contributed by atoms with Gasteiger partial charge in [0, 0.05) is 25.1 Å². The molecule has 3 aromatic rings. The van der Waals surface area contributed by atoms with E-state index in [0.29, 0.717) is 6.42 Å². The number of fused-ring (bicyclic) bond motifs is 1. The molecular formula is C31H37N4O5P.